The van der Waals surface area contributed by atoms with Crippen molar-refractivity contribution in [2.75, 3.05) is 12.1 Å². The number of aryl methyl sites for hydroxylation is 1. The Bertz CT molecular complexity index is 724. The maximum absolute atomic E-state index is 5.51. The quantitative estimate of drug-likeness (QED) is 0.700. The van der Waals surface area contributed by atoms with Gasteiger partial charge in [0.15, 0.2) is 0 Å². The lowest BCUT2D eigenvalue weighted by Gasteiger charge is -2.20. The molecule has 5 heteroatoms. The normalized spacial score (nSPS) is 10.3. The number of nitrogens with zero attached hydrogens (tertiary/aromatic N) is 2. The molecule has 0 amide bonds. The second-order valence-corrected chi connectivity index (χ2v) is 4.97. The van der Waals surface area contributed by atoms with Gasteiger partial charge in [0.2, 0.25) is 0 Å². The van der Waals surface area contributed by atoms with E-state index in [1.54, 1.807) is 0 Å². The fourth-order valence-corrected chi connectivity index (χ4v) is 2.17. The first-order chi connectivity index (χ1) is 11.2. The van der Waals surface area contributed by atoms with Crippen LogP contribution in [0, 0.1) is 6.92 Å². The van der Waals surface area contributed by atoms with Crippen molar-refractivity contribution < 1.29 is 4.84 Å². The van der Waals surface area contributed by atoms with Gasteiger partial charge < -0.3 is 0 Å². The first-order valence-corrected chi connectivity index (χ1v) is 7.84. The number of rotatable bonds is 5. The lowest BCUT2D eigenvalue weighted by molar-refractivity contribution is 0.0242. The molecule has 0 bridgehead atoms. The van der Waals surface area contributed by atoms with Gasteiger partial charge in [-0.3, -0.25) is 14.9 Å². The van der Waals surface area contributed by atoms with Gasteiger partial charge in [-0.15, -0.1) is 5.59 Å². The smallest absolute Gasteiger partial charge is 0.0954 e. The molecule has 0 spiro atoms. The van der Waals surface area contributed by atoms with Gasteiger partial charge in [-0.25, -0.2) is 0 Å². The van der Waals surface area contributed by atoms with E-state index in [-0.39, 0.29) is 0 Å². The number of hydrogen-bond acceptors (Lipinski definition) is 4. The Morgan fingerprint density at radius 2 is 1.87 bits per heavy atom. The third-order valence-electron chi connectivity index (χ3n) is 3.40. The number of fused-ring (bicyclic) bond motifs is 1. The molecule has 1 heterocycles. The summed E-state index contributed by atoms with van der Waals surface area (Å²) in [6, 6.07) is 16.1. The molecule has 3 rings (SSSR count). The van der Waals surface area contributed by atoms with Crippen molar-refractivity contribution >= 4 is 16.6 Å². The molecule has 0 saturated carbocycles. The minimum atomic E-state index is 0.512. The molecule has 0 aliphatic rings. The lowest BCUT2D eigenvalue weighted by Crippen LogP contribution is -2.34. The highest BCUT2D eigenvalue weighted by molar-refractivity contribution is 5.84. The Kier molecular flexibility index (Phi) is 6.14. The monoisotopic (exact) mass is 312 g/mol. The molecule has 5 nitrogen and oxygen atoms in total. The minimum absolute atomic E-state index is 0.512. The molecular weight excluding hydrogens is 288 g/mol. The van der Waals surface area contributed by atoms with E-state index in [0.29, 0.717) is 6.61 Å². The molecule has 0 saturated heterocycles. The number of benzene rings is 2. The fraction of sp³-hybridized carbons (Fsp3) is 0.278. The summed E-state index contributed by atoms with van der Waals surface area (Å²) in [7, 11) is 1.92. The van der Waals surface area contributed by atoms with Crippen molar-refractivity contribution in [3.63, 3.8) is 0 Å². The van der Waals surface area contributed by atoms with Crippen molar-refractivity contribution in [1.82, 2.24) is 15.8 Å². The van der Waals surface area contributed by atoms with Crippen molar-refractivity contribution in [2.24, 2.45) is 0 Å². The van der Waals surface area contributed by atoms with E-state index < -0.39 is 0 Å². The van der Waals surface area contributed by atoms with Gasteiger partial charge in [0.05, 0.1) is 17.8 Å². The number of hydrogen-bond donors (Lipinski definition) is 2. The van der Waals surface area contributed by atoms with Crippen molar-refractivity contribution in [1.29, 1.82) is 0 Å². The SMILES string of the molecule is CC.Cc1[nH]nc2ccc(N(C)NOCc3ccccc3)cc12. The van der Waals surface area contributed by atoms with Crippen LogP contribution in [-0.2, 0) is 11.4 Å². The highest BCUT2D eigenvalue weighted by atomic mass is 16.7. The average molecular weight is 312 g/mol. The molecule has 0 fully saturated rings. The van der Waals surface area contributed by atoms with E-state index in [0.717, 1.165) is 27.8 Å². The number of aromatic nitrogens is 2. The van der Waals surface area contributed by atoms with E-state index in [4.69, 9.17) is 4.84 Å². The molecule has 122 valence electrons. The lowest BCUT2D eigenvalue weighted by atomic mass is 10.2. The summed E-state index contributed by atoms with van der Waals surface area (Å²) in [5.74, 6) is 0. The molecule has 3 aromatic rings. The van der Waals surface area contributed by atoms with Crippen LogP contribution >= 0.6 is 0 Å². The Balaban J connectivity index is 0.000000924. The van der Waals surface area contributed by atoms with E-state index in [2.05, 4.69) is 21.9 Å². The van der Waals surface area contributed by atoms with Gasteiger partial charge >= 0.3 is 0 Å². The maximum atomic E-state index is 5.51. The van der Waals surface area contributed by atoms with E-state index in [1.807, 2.05) is 75.3 Å². The topological polar surface area (TPSA) is 53.2 Å². The molecule has 23 heavy (non-hydrogen) atoms. The van der Waals surface area contributed by atoms with Gasteiger partial charge in [-0.05, 0) is 30.7 Å². The van der Waals surface area contributed by atoms with Gasteiger partial charge in [-0.2, -0.15) is 5.10 Å². The molecule has 1 aromatic heterocycles. The standard InChI is InChI=1S/C16H18N4O.C2H6/c1-12-15-10-14(8-9-16(15)18-17-12)20(2)19-21-11-13-6-4-3-5-7-13;1-2/h3-10,19H,11H2,1-2H3,(H,17,18);1-2H3. The highest BCUT2D eigenvalue weighted by Crippen LogP contribution is 2.21. The number of nitrogens with one attached hydrogen (secondary N) is 2. The number of hydrazine groups is 1. The summed E-state index contributed by atoms with van der Waals surface area (Å²) in [4.78, 5) is 5.51. The number of aromatic amines is 1. The molecular formula is C18H24N4O. The van der Waals surface area contributed by atoms with Crippen LogP contribution in [0.25, 0.3) is 10.9 Å². The second-order valence-electron chi connectivity index (χ2n) is 4.97. The molecule has 0 aliphatic heterocycles. The largest absolute Gasteiger partial charge is 0.289 e. The minimum Gasteiger partial charge on any atom is -0.289 e. The summed E-state index contributed by atoms with van der Waals surface area (Å²) in [5.41, 5.74) is 7.09. The van der Waals surface area contributed by atoms with E-state index >= 15 is 0 Å². The molecule has 0 radical (unpaired) electrons. The molecule has 2 aromatic carbocycles. The molecule has 0 atom stereocenters. The Hall–Kier alpha value is -2.37. The first kappa shape index (κ1) is 17.0. The molecule has 2 N–H and O–H groups in total. The summed E-state index contributed by atoms with van der Waals surface area (Å²) in [5, 5.41) is 10.2. The van der Waals surface area contributed by atoms with E-state index in [9.17, 15) is 0 Å². The number of anilines is 1. The zero-order valence-electron chi connectivity index (χ0n) is 14.1. The summed E-state index contributed by atoms with van der Waals surface area (Å²) in [6.45, 7) is 6.52. The van der Waals surface area contributed by atoms with Crippen LogP contribution in [0.5, 0.6) is 0 Å². The van der Waals surface area contributed by atoms with E-state index in [1.165, 1.54) is 0 Å². The fourth-order valence-electron chi connectivity index (χ4n) is 2.17. The van der Waals surface area contributed by atoms with Crippen molar-refractivity contribution in [3.8, 4) is 0 Å². The van der Waals surface area contributed by atoms with Gasteiger partial charge in [-0.1, -0.05) is 44.2 Å². The van der Waals surface area contributed by atoms with Crippen LogP contribution in [-0.4, -0.2) is 17.2 Å². The van der Waals surface area contributed by atoms with Gasteiger partial charge in [0.1, 0.15) is 0 Å². The van der Waals surface area contributed by atoms with Crippen LogP contribution < -0.4 is 10.6 Å². The summed E-state index contributed by atoms with van der Waals surface area (Å²) in [6.07, 6.45) is 0. The molecule has 0 aliphatic carbocycles. The predicted molar refractivity (Wildman–Crippen MR) is 94.9 cm³/mol. The second kappa shape index (κ2) is 8.31. The average Bonchev–Trinajstić information content (AvgIpc) is 2.98. The van der Waals surface area contributed by atoms with Crippen LogP contribution in [0.2, 0.25) is 0 Å². The third-order valence-corrected chi connectivity index (χ3v) is 3.40. The zero-order valence-corrected chi connectivity index (χ0v) is 14.1. The van der Waals surface area contributed by atoms with Crippen LogP contribution in [0.3, 0.4) is 0 Å². The Morgan fingerprint density at radius 3 is 2.61 bits per heavy atom. The van der Waals surface area contributed by atoms with Crippen molar-refractivity contribution in [2.45, 2.75) is 27.4 Å². The zero-order chi connectivity index (χ0) is 16.7. The van der Waals surface area contributed by atoms with Crippen molar-refractivity contribution in [3.05, 3.63) is 59.8 Å². The Morgan fingerprint density at radius 1 is 1.13 bits per heavy atom. The highest BCUT2D eigenvalue weighted by Gasteiger charge is 2.06. The summed E-state index contributed by atoms with van der Waals surface area (Å²) < 4.78 is 0. The molecule has 0 unspecified atom stereocenters. The predicted octanol–water partition coefficient (Wildman–Crippen LogP) is 3.97. The Labute approximate surface area is 137 Å². The van der Waals surface area contributed by atoms with Gasteiger partial charge in [0.25, 0.3) is 0 Å². The summed E-state index contributed by atoms with van der Waals surface area (Å²) >= 11 is 0. The first-order valence-electron chi connectivity index (χ1n) is 7.84. The van der Waals surface area contributed by atoms with Crippen LogP contribution in [0.1, 0.15) is 25.1 Å². The van der Waals surface area contributed by atoms with Gasteiger partial charge in [0, 0.05) is 18.1 Å². The van der Waals surface area contributed by atoms with Crippen LogP contribution in [0.4, 0.5) is 5.69 Å². The third kappa shape index (κ3) is 4.31. The van der Waals surface area contributed by atoms with Crippen LogP contribution in [0.15, 0.2) is 48.5 Å². The maximum Gasteiger partial charge on any atom is 0.0954 e. The number of H-pyrrole nitrogens is 1.